The van der Waals surface area contributed by atoms with Gasteiger partial charge in [-0.1, -0.05) is 68.8 Å². The summed E-state index contributed by atoms with van der Waals surface area (Å²) in [6, 6.07) is 20.8. The lowest BCUT2D eigenvalue weighted by atomic mass is 10.0. The molecule has 0 saturated carbocycles. The third-order valence-corrected chi connectivity index (χ3v) is 6.05. The topological polar surface area (TPSA) is 37.3 Å². The van der Waals surface area contributed by atoms with Crippen molar-refractivity contribution in [3.8, 4) is 0 Å². The van der Waals surface area contributed by atoms with Gasteiger partial charge < -0.3 is 14.8 Å². The highest BCUT2D eigenvalue weighted by molar-refractivity contribution is 5.90. The Labute approximate surface area is 186 Å². The molecule has 1 heterocycles. The summed E-state index contributed by atoms with van der Waals surface area (Å²) < 4.78 is 2.24. The number of anilines is 1. The summed E-state index contributed by atoms with van der Waals surface area (Å²) in [5.74, 6) is 0.354. The summed E-state index contributed by atoms with van der Waals surface area (Å²) in [7, 11) is 0. The quantitative estimate of drug-likeness (QED) is 0.447. The average molecular weight is 418 g/mol. The number of hydrogen-bond donors (Lipinski definition) is 1. The van der Waals surface area contributed by atoms with E-state index in [9.17, 15) is 4.79 Å². The molecule has 1 aromatic heterocycles. The van der Waals surface area contributed by atoms with E-state index in [0.717, 1.165) is 29.9 Å². The Hall–Kier alpha value is -3.01. The molecule has 31 heavy (non-hydrogen) atoms. The van der Waals surface area contributed by atoms with Gasteiger partial charge in [-0.25, -0.2) is 4.79 Å². The van der Waals surface area contributed by atoms with Crippen molar-refractivity contribution in [2.75, 3.05) is 5.32 Å². The predicted octanol–water partition coefficient (Wildman–Crippen LogP) is 6.49. The summed E-state index contributed by atoms with van der Waals surface area (Å²) in [5.41, 5.74) is 5.70. The number of para-hydroxylation sites is 1. The number of amides is 2. The first-order chi connectivity index (χ1) is 14.9. The number of nitrogens with one attached hydrogen (secondary N) is 1. The van der Waals surface area contributed by atoms with Crippen LogP contribution in [-0.4, -0.2) is 21.5 Å². The van der Waals surface area contributed by atoms with Crippen molar-refractivity contribution in [3.63, 3.8) is 0 Å². The lowest BCUT2D eigenvalue weighted by molar-refractivity contribution is 0.168. The molecule has 2 amide bonds. The zero-order valence-corrected chi connectivity index (χ0v) is 19.4. The van der Waals surface area contributed by atoms with Crippen LogP contribution < -0.4 is 5.32 Å². The van der Waals surface area contributed by atoms with Crippen LogP contribution in [0, 0.1) is 12.8 Å². The second-order valence-electron chi connectivity index (χ2n) is 8.67. The van der Waals surface area contributed by atoms with Gasteiger partial charge in [0.1, 0.15) is 0 Å². The highest BCUT2D eigenvalue weighted by atomic mass is 16.2. The van der Waals surface area contributed by atoms with E-state index in [0.29, 0.717) is 12.5 Å². The van der Waals surface area contributed by atoms with Gasteiger partial charge in [0.15, 0.2) is 0 Å². The van der Waals surface area contributed by atoms with Gasteiger partial charge in [-0.2, -0.15) is 0 Å². The van der Waals surface area contributed by atoms with Crippen molar-refractivity contribution < 1.29 is 4.79 Å². The van der Waals surface area contributed by atoms with E-state index in [4.69, 9.17) is 0 Å². The molecule has 0 aliphatic rings. The molecular weight excluding hydrogens is 382 g/mol. The van der Waals surface area contributed by atoms with Crippen LogP contribution in [0.1, 0.15) is 50.1 Å². The van der Waals surface area contributed by atoms with Crippen molar-refractivity contribution in [2.24, 2.45) is 5.92 Å². The maximum Gasteiger partial charge on any atom is 0.322 e. The van der Waals surface area contributed by atoms with Crippen molar-refractivity contribution in [2.45, 2.75) is 60.2 Å². The van der Waals surface area contributed by atoms with Gasteiger partial charge in [0.2, 0.25) is 0 Å². The largest absolute Gasteiger partial charge is 0.345 e. The molecule has 0 radical (unpaired) electrons. The zero-order chi connectivity index (χ0) is 22.4. The first-order valence-electron chi connectivity index (χ1n) is 11.2. The predicted molar refractivity (Wildman–Crippen MR) is 129 cm³/mol. The van der Waals surface area contributed by atoms with Crippen molar-refractivity contribution in [1.82, 2.24) is 9.47 Å². The molecule has 0 aliphatic carbocycles. The fraction of sp³-hybridized carbons (Fsp3) is 0.370. The average Bonchev–Trinajstić information content (AvgIpc) is 3.18. The summed E-state index contributed by atoms with van der Waals surface area (Å²) in [4.78, 5) is 15.3. The highest BCUT2D eigenvalue weighted by Crippen LogP contribution is 2.21. The molecule has 0 bridgehead atoms. The summed E-state index contributed by atoms with van der Waals surface area (Å²) in [6.45, 7) is 12.0. The standard InChI is InChI=1S/C27H35N3O/c1-6-24-13-7-8-15-26(24)28-27(31)30(22(5)20(2)3)19-25-14-10-16-29(25)18-23-12-9-11-21(4)17-23/h7-17,20,22H,6,18-19H2,1-5H3,(H,28,31). The fourth-order valence-corrected chi connectivity index (χ4v) is 3.83. The Bertz CT molecular complexity index is 1000. The van der Waals surface area contributed by atoms with Gasteiger partial charge in [0, 0.05) is 30.2 Å². The lowest BCUT2D eigenvalue weighted by Gasteiger charge is -2.32. The number of aromatic nitrogens is 1. The van der Waals surface area contributed by atoms with E-state index in [2.05, 4.69) is 93.2 Å². The second kappa shape index (κ2) is 10.3. The van der Waals surface area contributed by atoms with Crippen LogP contribution in [0.4, 0.5) is 10.5 Å². The molecule has 1 unspecified atom stereocenters. The maximum absolute atomic E-state index is 13.4. The molecule has 4 heteroatoms. The number of carbonyl (C=O) groups is 1. The van der Waals surface area contributed by atoms with E-state index in [1.165, 1.54) is 11.1 Å². The van der Waals surface area contributed by atoms with Crippen molar-refractivity contribution in [3.05, 3.63) is 89.2 Å². The highest BCUT2D eigenvalue weighted by Gasteiger charge is 2.24. The van der Waals surface area contributed by atoms with Crippen LogP contribution in [0.2, 0.25) is 0 Å². The molecule has 0 spiro atoms. The summed E-state index contributed by atoms with van der Waals surface area (Å²) in [6.07, 6.45) is 2.98. The van der Waals surface area contributed by atoms with E-state index in [1.54, 1.807) is 0 Å². The van der Waals surface area contributed by atoms with Gasteiger partial charge >= 0.3 is 6.03 Å². The molecule has 1 N–H and O–H groups in total. The number of aryl methyl sites for hydroxylation is 2. The van der Waals surface area contributed by atoms with Crippen molar-refractivity contribution in [1.29, 1.82) is 0 Å². The van der Waals surface area contributed by atoms with Gasteiger partial charge in [-0.15, -0.1) is 0 Å². The number of nitrogens with zero attached hydrogens (tertiary/aromatic N) is 2. The molecular formula is C27H35N3O. The summed E-state index contributed by atoms with van der Waals surface area (Å²) in [5, 5.41) is 3.16. The number of urea groups is 1. The minimum absolute atomic E-state index is 0.0506. The molecule has 4 nitrogen and oxygen atoms in total. The van der Waals surface area contributed by atoms with E-state index < -0.39 is 0 Å². The van der Waals surface area contributed by atoms with Gasteiger partial charge in [-0.05, 0) is 55.5 Å². The molecule has 0 fully saturated rings. The van der Waals surface area contributed by atoms with Gasteiger partial charge in [0.05, 0.1) is 6.54 Å². The van der Waals surface area contributed by atoms with Crippen LogP contribution in [0.25, 0.3) is 0 Å². The maximum atomic E-state index is 13.4. The minimum atomic E-state index is -0.0506. The van der Waals surface area contributed by atoms with E-state index in [-0.39, 0.29) is 12.1 Å². The second-order valence-corrected chi connectivity index (χ2v) is 8.67. The normalized spacial score (nSPS) is 12.1. The Morgan fingerprint density at radius 2 is 1.81 bits per heavy atom. The first kappa shape index (κ1) is 22.7. The Kier molecular flexibility index (Phi) is 7.56. The van der Waals surface area contributed by atoms with E-state index in [1.807, 2.05) is 23.1 Å². The van der Waals surface area contributed by atoms with Crippen LogP contribution in [0.15, 0.2) is 66.9 Å². The molecule has 0 aliphatic heterocycles. The first-order valence-corrected chi connectivity index (χ1v) is 11.2. The lowest BCUT2D eigenvalue weighted by Crippen LogP contribution is -2.43. The minimum Gasteiger partial charge on any atom is -0.345 e. The van der Waals surface area contributed by atoms with Crippen molar-refractivity contribution >= 4 is 11.7 Å². The van der Waals surface area contributed by atoms with Crippen LogP contribution in [0.3, 0.4) is 0 Å². The van der Waals surface area contributed by atoms with Crippen LogP contribution in [-0.2, 0) is 19.5 Å². The monoisotopic (exact) mass is 417 g/mol. The third-order valence-electron chi connectivity index (χ3n) is 6.05. The number of benzene rings is 2. The Morgan fingerprint density at radius 3 is 2.52 bits per heavy atom. The molecule has 1 atom stereocenters. The van der Waals surface area contributed by atoms with Crippen LogP contribution in [0.5, 0.6) is 0 Å². The molecule has 3 rings (SSSR count). The smallest absolute Gasteiger partial charge is 0.322 e. The SMILES string of the molecule is CCc1ccccc1NC(=O)N(Cc1cccn1Cc1cccc(C)c1)C(C)C(C)C. The number of carbonyl (C=O) groups excluding carboxylic acids is 1. The number of hydrogen-bond acceptors (Lipinski definition) is 1. The zero-order valence-electron chi connectivity index (χ0n) is 19.4. The van der Waals surface area contributed by atoms with Crippen LogP contribution >= 0.6 is 0 Å². The van der Waals surface area contributed by atoms with E-state index >= 15 is 0 Å². The Morgan fingerprint density at radius 1 is 1.03 bits per heavy atom. The number of rotatable bonds is 8. The van der Waals surface area contributed by atoms with Gasteiger partial charge in [-0.3, -0.25) is 0 Å². The molecule has 0 saturated heterocycles. The molecule has 2 aromatic carbocycles. The molecule has 164 valence electrons. The summed E-state index contributed by atoms with van der Waals surface area (Å²) >= 11 is 0. The fourth-order valence-electron chi connectivity index (χ4n) is 3.83. The third kappa shape index (κ3) is 5.78. The Balaban J connectivity index is 1.82. The van der Waals surface area contributed by atoms with Gasteiger partial charge in [0.25, 0.3) is 0 Å². The molecule has 3 aromatic rings.